The predicted octanol–water partition coefficient (Wildman–Crippen LogP) is 9.46. The van der Waals surface area contributed by atoms with Crippen LogP contribution in [0.1, 0.15) is 167 Å². The zero-order valence-corrected chi connectivity index (χ0v) is 21.5. The molecule has 0 N–H and O–H groups in total. The molecular weight excluding hydrogens is 396 g/mol. The van der Waals surface area contributed by atoms with Crippen molar-refractivity contribution in [1.29, 1.82) is 0 Å². The lowest BCUT2D eigenvalue weighted by Gasteiger charge is -2.16. The Labute approximate surface area is 199 Å². The molecule has 1 atom stereocenters. The van der Waals surface area contributed by atoms with E-state index in [-0.39, 0.29) is 17.9 Å². The molecule has 32 heavy (non-hydrogen) atoms. The lowest BCUT2D eigenvalue weighted by molar-refractivity contribution is -0.163. The van der Waals surface area contributed by atoms with Crippen molar-refractivity contribution in [3.8, 4) is 0 Å². The molecule has 1 heterocycles. The van der Waals surface area contributed by atoms with Crippen LogP contribution in [-0.2, 0) is 14.3 Å². The van der Waals surface area contributed by atoms with Gasteiger partial charge in [0.05, 0.1) is 5.92 Å². The third-order valence-corrected chi connectivity index (χ3v) is 7.14. The first-order valence-corrected chi connectivity index (χ1v) is 14.5. The van der Waals surface area contributed by atoms with Gasteiger partial charge in [-0.1, -0.05) is 142 Å². The predicted molar refractivity (Wildman–Crippen MR) is 136 cm³/mol. The van der Waals surface area contributed by atoms with E-state index in [0.717, 1.165) is 44.9 Å². The fraction of sp³-hybridized carbons (Fsp3) is 0.931. The maximum atomic E-state index is 12.2. The van der Waals surface area contributed by atoms with Crippen molar-refractivity contribution in [3.05, 3.63) is 0 Å². The van der Waals surface area contributed by atoms with Gasteiger partial charge in [-0.25, -0.2) is 0 Å². The minimum absolute atomic E-state index is 0.0573. The third kappa shape index (κ3) is 17.7. The van der Waals surface area contributed by atoms with Crippen LogP contribution in [0.2, 0.25) is 0 Å². The molecule has 0 amide bonds. The first kappa shape index (κ1) is 29.2. The lowest BCUT2D eigenvalue weighted by atomic mass is 9.93. The van der Waals surface area contributed by atoms with E-state index in [2.05, 4.69) is 6.92 Å². The number of ether oxygens (including phenoxy) is 1. The molecule has 0 aliphatic carbocycles. The van der Waals surface area contributed by atoms with Crippen LogP contribution >= 0.6 is 0 Å². The quantitative estimate of drug-likeness (QED) is 0.112. The highest BCUT2D eigenvalue weighted by atomic mass is 16.6. The topological polar surface area (TPSA) is 43.4 Å². The molecule has 1 rings (SSSR count). The average molecular weight is 451 g/mol. The minimum atomic E-state index is -0.320. The van der Waals surface area contributed by atoms with Gasteiger partial charge < -0.3 is 4.74 Å². The summed E-state index contributed by atoms with van der Waals surface area (Å²) in [5, 5.41) is 0. The van der Waals surface area contributed by atoms with E-state index in [0.29, 0.717) is 6.42 Å². The van der Waals surface area contributed by atoms with Gasteiger partial charge in [0.2, 0.25) is 0 Å². The number of unbranched alkanes of at least 4 members (excludes halogenated alkanes) is 17. The van der Waals surface area contributed by atoms with Crippen LogP contribution in [0.3, 0.4) is 0 Å². The maximum Gasteiger partial charge on any atom is 0.316 e. The van der Waals surface area contributed by atoms with E-state index < -0.39 is 0 Å². The van der Waals surface area contributed by atoms with Crippen molar-refractivity contribution in [2.75, 3.05) is 0 Å². The Morgan fingerprint density at radius 2 is 1.03 bits per heavy atom. The number of rotatable bonds is 19. The van der Waals surface area contributed by atoms with E-state index in [9.17, 15) is 9.59 Å². The van der Waals surface area contributed by atoms with Crippen LogP contribution in [0.25, 0.3) is 0 Å². The van der Waals surface area contributed by atoms with Crippen LogP contribution < -0.4 is 0 Å². The fourth-order valence-corrected chi connectivity index (χ4v) is 4.93. The first-order valence-electron chi connectivity index (χ1n) is 14.5. The van der Waals surface area contributed by atoms with Crippen molar-refractivity contribution in [2.24, 2.45) is 5.92 Å². The Kier molecular flexibility index (Phi) is 20.0. The standard InChI is InChI=1S/C29H54O3/c1-2-3-4-5-6-7-8-9-10-11-12-13-14-15-16-17-18-21-24-27-25-22-19-20-23-26-28(30)32-29(27)31/h27H,2-26H2,1H3. The van der Waals surface area contributed by atoms with E-state index in [1.165, 1.54) is 109 Å². The summed E-state index contributed by atoms with van der Waals surface area (Å²) < 4.78 is 5.05. The summed E-state index contributed by atoms with van der Waals surface area (Å²) in [6, 6.07) is 0. The molecule has 0 radical (unpaired) electrons. The lowest BCUT2D eigenvalue weighted by Crippen LogP contribution is -2.22. The first-order chi connectivity index (χ1) is 15.7. The maximum absolute atomic E-state index is 12.2. The van der Waals surface area contributed by atoms with Crippen molar-refractivity contribution >= 4 is 11.9 Å². The van der Waals surface area contributed by atoms with Gasteiger partial charge >= 0.3 is 11.9 Å². The highest BCUT2D eigenvalue weighted by Crippen LogP contribution is 2.22. The zero-order valence-electron chi connectivity index (χ0n) is 21.5. The summed E-state index contributed by atoms with van der Waals surface area (Å²) in [4.78, 5) is 23.9. The van der Waals surface area contributed by atoms with Crippen molar-refractivity contribution in [2.45, 2.75) is 167 Å². The molecule has 0 aromatic heterocycles. The van der Waals surface area contributed by atoms with Crippen LogP contribution in [0.5, 0.6) is 0 Å². The van der Waals surface area contributed by atoms with Crippen molar-refractivity contribution in [1.82, 2.24) is 0 Å². The second-order valence-electron chi connectivity index (χ2n) is 10.2. The molecule has 0 bridgehead atoms. The third-order valence-electron chi connectivity index (χ3n) is 7.14. The van der Waals surface area contributed by atoms with Gasteiger partial charge in [-0.05, 0) is 19.3 Å². The van der Waals surface area contributed by atoms with Gasteiger partial charge in [0.15, 0.2) is 0 Å². The van der Waals surface area contributed by atoms with Gasteiger partial charge in [0, 0.05) is 6.42 Å². The van der Waals surface area contributed by atoms with Crippen LogP contribution in [0.15, 0.2) is 0 Å². The summed E-state index contributed by atoms with van der Waals surface area (Å²) in [7, 11) is 0. The molecule has 188 valence electrons. The largest absolute Gasteiger partial charge is 0.393 e. The van der Waals surface area contributed by atoms with Gasteiger partial charge in [-0.2, -0.15) is 0 Å². The summed E-state index contributed by atoms with van der Waals surface area (Å²) in [5.74, 6) is -0.637. The smallest absolute Gasteiger partial charge is 0.316 e. The van der Waals surface area contributed by atoms with E-state index in [1.54, 1.807) is 0 Å². The number of cyclic esters (lactones) is 2. The SMILES string of the molecule is CCCCCCCCCCCCCCCCCCCCC1CCCCCCC(=O)OC1=O. The average Bonchev–Trinajstić information content (AvgIpc) is 2.78. The van der Waals surface area contributed by atoms with Crippen LogP contribution in [0.4, 0.5) is 0 Å². The second-order valence-corrected chi connectivity index (χ2v) is 10.2. The minimum Gasteiger partial charge on any atom is -0.393 e. The summed E-state index contributed by atoms with van der Waals surface area (Å²) in [6.07, 6.45) is 31.1. The molecule has 1 fully saturated rings. The Balaban J connectivity index is 1.86. The molecule has 0 aromatic rings. The van der Waals surface area contributed by atoms with Gasteiger partial charge in [-0.15, -0.1) is 0 Å². The van der Waals surface area contributed by atoms with E-state index >= 15 is 0 Å². The summed E-state index contributed by atoms with van der Waals surface area (Å²) >= 11 is 0. The van der Waals surface area contributed by atoms with E-state index in [4.69, 9.17) is 4.74 Å². The van der Waals surface area contributed by atoms with Crippen molar-refractivity contribution in [3.63, 3.8) is 0 Å². The molecule has 3 nitrogen and oxygen atoms in total. The van der Waals surface area contributed by atoms with Gasteiger partial charge in [0.1, 0.15) is 0 Å². The molecule has 1 aliphatic rings. The normalized spacial score (nSPS) is 18.0. The second kappa shape index (κ2) is 22.0. The highest BCUT2D eigenvalue weighted by Gasteiger charge is 2.22. The Hall–Kier alpha value is -0.860. The zero-order chi connectivity index (χ0) is 23.1. The summed E-state index contributed by atoms with van der Waals surface area (Å²) in [5.41, 5.74) is 0. The Morgan fingerprint density at radius 1 is 0.594 bits per heavy atom. The summed E-state index contributed by atoms with van der Waals surface area (Å²) in [6.45, 7) is 2.29. The number of carbonyl (C=O) groups excluding carboxylic acids is 2. The Morgan fingerprint density at radius 3 is 1.53 bits per heavy atom. The monoisotopic (exact) mass is 450 g/mol. The molecule has 1 unspecified atom stereocenters. The van der Waals surface area contributed by atoms with Crippen LogP contribution in [0, 0.1) is 5.92 Å². The molecular formula is C29H54O3. The highest BCUT2D eigenvalue weighted by molar-refractivity contribution is 5.86. The molecule has 1 saturated heterocycles. The molecule has 0 spiro atoms. The van der Waals surface area contributed by atoms with Crippen LogP contribution in [-0.4, -0.2) is 11.9 Å². The van der Waals surface area contributed by atoms with Gasteiger partial charge in [-0.3, -0.25) is 9.59 Å². The molecule has 3 heteroatoms. The number of hydrogen-bond acceptors (Lipinski definition) is 3. The fourth-order valence-electron chi connectivity index (χ4n) is 4.93. The Bertz CT molecular complexity index is 446. The molecule has 0 aromatic carbocycles. The van der Waals surface area contributed by atoms with Gasteiger partial charge in [0.25, 0.3) is 0 Å². The number of carbonyl (C=O) groups is 2. The molecule has 1 aliphatic heterocycles. The number of hydrogen-bond donors (Lipinski definition) is 0. The molecule has 0 saturated carbocycles. The van der Waals surface area contributed by atoms with Crippen molar-refractivity contribution < 1.29 is 14.3 Å². The van der Waals surface area contributed by atoms with E-state index in [1.807, 2.05) is 0 Å². The number of esters is 2.